The minimum absolute atomic E-state index is 0.0141. The average Bonchev–Trinajstić information content (AvgIpc) is 3.53. The number of benzene rings is 3. The fourth-order valence-corrected chi connectivity index (χ4v) is 6.64. The SMILES string of the molecule is CS(=O)(=O)N1CCC[C@H]1COc1cc(NC(=O)c2cc(F)cc(C(F)(F)F)c2)c2c(c1)C(=O)NC2c1cc(F)ccc1Cl. The van der Waals surface area contributed by atoms with E-state index in [9.17, 15) is 40.0 Å². The van der Waals surface area contributed by atoms with E-state index in [1.165, 1.54) is 22.5 Å². The lowest BCUT2D eigenvalue weighted by molar-refractivity contribution is -0.137. The molecular weight excluding hydrogens is 621 g/mol. The number of ether oxygens (including phenoxy) is 1. The summed E-state index contributed by atoms with van der Waals surface area (Å²) in [6.45, 7) is 0.212. The molecule has 0 bridgehead atoms. The van der Waals surface area contributed by atoms with Crippen molar-refractivity contribution >= 4 is 39.1 Å². The summed E-state index contributed by atoms with van der Waals surface area (Å²) in [5, 5.41) is 5.17. The number of amides is 2. The molecule has 8 nitrogen and oxygen atoms in total. The summed E-state index contributed by atoms with van der Waals surface area (Å²) in [5.41, 5.74) is -1.90. The van der Waals surface area contributed by atoms with Crippen LogP contribution in [0.3, 0.4) is 0 Å². The number of halogens is 6. The highest BCUT2D eigenvalue weighted by molar-refractivity contribution is 7.88. The highest BCUT2D eigenvalue weighted by Gasteiger charge is 2.37. The van der Waals surface area contributed by atoms with Gasteiger partial charge in [0.15, 0.2) is 0 Å². The van der Waals surface area contributed by atoms with Crippen molar-refractivity contribution in [1.29, 1.82) is 0 Å². The molecule has 0 aromatic heterocycles. The van der Waals surface area contributed by atoms with Gasteiger partial charge in [-0.05, 0) is 55.3 Å². The van der Waals surface area contributed by atoms with Crippen molar-refractivity contribution in [2.24, 2.45) is 0 Å². The molecule has 3 aromatic rings. The third kappa shape index (κ3) is 6.45. The molecule has 228 valence electrons. The molecule has 2 atom stereocenters. The van der Waals surface area contributed by atoms with Crippen LogP contribution >= 0.6 is 11.6 Å². The maximum atomic E-state index is 14.2. The third-order valence-corrected chi connectivity index (χ3v) is 8.84. The van der Waals surface area contributed by atoms with Crippen LogP contribution < -0.4 is 15.4 Å². The number of alkyl halides is 3. The van der Waals surface area contributed by atoms with Gasteiger partial charge in [-0.3, -0.25) is 9.59 Å². The molecule has 0 radical (unpaired) electrons. The van der Waals surface area contributed by atoms with Crippen LogP contribution in [-0.4, -0.2) is 50.0 Å². The molecule has 15 heteroatoms. The summed E-state index contributed by atoms with van der Waals surface area (Å²) in [7, 11) is -3.51. The first-order chi connectivity index (χ1) is 20.1. The van der Waals surface area contributed by atoms with Gasteiger partial charge in [0.25, 0.3) is 11.8 Å². The van der Waals surface area contributed by atoms with Crippen LogP contribution in [0.5, 0.6) is 5.75 Å². The number of hydrogen-bond acceptors (Lipinski definition) is 5. The first-order valence-electron chi connectivity index (χ1n) is 12.8. The van der Waals surface area contributed by atoms with Gasteiger partial charge in [0.2, 0.25) is 10.0 Å². The van der Waals surface area contributed by atoms with Crippen molar-refractivity contribution < 1.29 is 44.7 Å². The average molecular weight is 644 g/mol. The lowest BCUT2D eigenvalue weighted by atomic mass is 9.95. The van der Waals surface area contributed by atoms with Crippen molar-refractivity contribution in [2.75, 3.05) is 24.7 Å². The number of hydrogen-bond donors (Lipinski definition) is 2. The van der Waals surface area contributed by atoms with Crippen LogP contribution in [0.1, 0.15) is 56.3 Å². The number of nitrogens with one attached hydrogen (secondary N) is 2. The smallest absolute Gasteiger partial charge is 0.416 e. The standard InChI is InChI=1S/C28H23ClF5N3O5S/c1-43(40,41)37-6-2-3-18(37)13-42-19-11-21-24(25(36-27(21)39)20-10-16(30)4-5-22(20)29)23(12-19)35-26(38)14-7-15(28(32,33)34)9-17(31)8-14/h4-5,7-12,18,25H,2-3,6,13H2,1H3,(H,35,38)(H,36,39)/t18-,25?/m0/s1. The fraction of sp³-hybridized carbons (Fsp3) is 0.286. The zero-order valence-electron chi connectivity index (χ0n) is 22.3. The van der Waals surface area contributed by atoms with Crippen molar-refractivity contribution in [3.63, 3.8) is 0 Å². The number of carbonyl (C=O) groups is 2. The van der Waals surface area contributed by atoms with Gasteiger partial charge in [0.1, 0.15) is 24.0 Å². The topological polar surface area (TPSA) is 105 Å². The second kappa shape index (κ2) is 11.4. The number of nitrogens with zero attached hydrogens (tertiary/aromatic N) is 1. The predicted molar refractivity (Wildman–Crippen MR) is 147 cm³/mol. The van der Waals surface area contributed by atoms with E-state index in [4.69, 9.17) is 16.3 Å². The van der Waals surface area contributed by atoms with Gasteiger partial charge in [-0.2, -0.15) is 17.5 Å². The molecule has 43 heavy (non-hydrogen) atoms. The zero-order chi connectivity index (χ0) is 31.3. The molecule has 3 aromatic carbocycles. The second-order valence-corrected chi connectivity index (χ2v) is 12.5. The molecule has 1 fully saturated rings. The Morgan fingerprint density at radius 1 is 1.12 bits per heavy atom. The summed E-state index contributed by atoms with van der Waals surface area (Å²) in [5.74, 6) is -3.71. The Bertz CT molecular complexity index is 1730. The number of sulfonamides is 1. The van der Waals surface area contributed by atoms with E-state index < -0.39 is 62.9 Å². The lowest BCUT2D eigenvalue weighted by Crippen LogP contribution is -2.38. The molecule has 5 rings (SSSR count). The van der Waals surface area contributed by atoms with Gasteiger partial charge in [-0.1, -0.05) is 11.6 Å². The predicted octanol–water partition coefficient (Wildman–Crippen LogP) is 5.52. The normalized spacial score (nSPS) is 18.8. The minimum Gasteiger partial charge on any atom is -0.492 e. The second-order valence-electron chi connectivity index (χ2n) is 10.2. The van der Waals surface area contributed by atoms with Crippen LogP contribution in [0.2, 0.25) is 5.02 Å². The summed E-state index contributed by atoms with van der Waals surface area (Å²) in [6.07, 6.45) is -2.73. The summed E-state index contributed by atoms with van der Waals surface area (Å²) in [6, 6.07) is 5.86. The Balaban J connectivity index is 1.55. The molecule has 0 spiro atoms. The quantitative estimate of drug-likeness (QED) is 0.330. The van der Waals surface area contributed by atoms with Crippen molar-refractivity contribution in [1.82, 2.24) is 9.62 Å². The minimum atomic E-state index is -4.93. The Morgan fingerprint density at radius 2 is 1.86 bits per heavy atom. The van der Waals surface area contributed by atoms with Crippen LogP contribution in [0.25, 0.3) is 0 Å². The zero-order valence-corrected chi connectivity index (χ0v) is 23.8. The maximum Gasteiger partial charge on any atom is 0.416 e. The van der Waals surface area contributed by atoms with E-state index in [1.807, 2.05) is 0 Å². The van der Waals surface area contributed by atoms with Gasteiger partial charge in [0, 0.05) is 34.3 Å². The summed E-state index contributed by atoms with van der Waals surface area (Å²) in [4.78, 5) is 26.2. The molecule has 0 aliphatic carbocycles. The van der Waals surface area contributed by atoms with Crippen LogP contribution in [-0.2, 0) is 16.2 Å². The maximum absolute atomic E-state index is 14.2. The van der Waals surface area contributed by atoms with Gasteiger partial charge in [-0.25, -0.2) is 17.2 Å². The Morgan fingerprint density at radius 3 is 2.56 bits per heavy atom. The molecule has 2 heterocycles. The Kier molecular flexibility index (Phi) is 8.13. The third-order valence-electron chi connectivity index (χ3n) is 7.16. The monoisotopic (exact) mass is 643 g/mol. The van der Waals surface area contributed by atoms with Crippen LogP contribution in [0.15, 0.2) is 48.5 Å². The van der Waals surface area contributed by atoms with Crippen molar-refractivity contribution in [3.05, 3.63) is 93.0 Å². The number of carbonyl (C=O) groups excluding carboxylic acids is 2. The Labute approximate surface area is 247 Å². The first kappa shape index (κ1) is 30.7. The molecule has 1 saturated heterocycles. The number of rotatable bonds is 7. The van der Waals surface area contributed by atoms with E-state index in [-0.39, 0.29) is 45.8 Å². The van der Waals surface area contributed by atoms with Crippen molar-refractivity contribution in [2.45, 2.75) is 31.1 Å². The summed E-state index contributed by atoms with van der Waals surface area (Å²) >= 11 is 6.29. The lowest BCUT2D eigenvalue weighted by Gasteiger charge is -2.23. The number of fused-ring (bicyclic) bond motifs is 1. The van der Waals surface area contributed by atoms with E-state index in [1.54, 1.807) is 0 Å². The van der Waals surface area contributed by atoms with Gasteiger partial charge in [-0.15, -0.1) is 0 Å². The van der Waals surface area contributed by atoms with E-state index in [0.29, 0.717) is 31.5 Å². The van der Waals surface area contributed by atoms with Crippen LogP contribution in [0.4, 0.5) is 27.6 Å². The molecular formula is C28H23ClF5N3O5S. The molecule has 2 amide bonds. The Hall–Kier alpha value is -3.75. The molecule has 2 aliphatic heterocycles. The molecule has 0 saturated carbocycles. The molecule has 2 aliphatic rings. The number of anilines is 1. The van der Waals surface area contributed by atoms with Crippen LogP contribution in [0, 0.1) is 11.6 Å². The highest BCUT2D eigenvalue weighted by atomic mass is 35.5. The molecule has 2 N–H and O–H groups in total. The first-order valence-corrected chi connectivity index (χ1v) is 15.1. The largest absolute Gasteiger partial charge is 0.492 e. The summed E-state index contributed by atoms with van der Waals surface area (Å²) < 4.78 is 99.5. The fourth-order valence-electron chi connectivity index (χ4n) is 5.25. The van der Waals surface area contributed by atoms with Gasteiger partial charge >= 0.3 is 6.18 Å². The highest BCUT2D eigenvalue weighted by Crippen LogP contribution is 2.42. The molecule has 1 unspecified atom stereocenters. The van der Waals surface area contributed by atoms with E-state index in [2.05, 4.69) is 10.6 Å². The van der Waals surface area contributed by atoms with E-state index >= 15 is 0 Å². The van der Waals surface area contributed by atoms with E-state index in [0.717, 1.165) is 18.4 Å². The van der Waals surface area contributed by atoms with Gasteiger partial charge in [0.05, 0.1) is 35.2 Å². The van der Waals surface area contributed by atoms with Crippen molar-refractivity contribution in [3.8, 4) is 5.75 Å². The van der Waals surface area contributed by atoms with Gasteiger partial charge < -0.3 is 15.4 Å².